The summed E-state index contributed by atoms with van der Waals surface area (Å²) in [4.78, 5) is 20.3. The number of likely N-dealkylation sites (N-methyl/N-ethyl adjacent to an activating group) is 1. The molecule has 1 aliphatic heterocycles. The molecule has 0 radical (unpaired) electrons. The molecule has 18 heavy (non-hydrogen) atoms. The van der Waals surface area contributed by atoms with Gasteiger partial charge in [-0.25, -0.2) is 0 Å². The molecule has 2 rings (SSSR count). The maximum absolute atomic E-state index is 12.2. The van der Waals surface area contributed by atoms with Crippen LogP contribution in [0, 0.1) is 6.92 Å². The third kappa shape index (κ3) is 2.72. The quantitative estimate of drug-likeness (QED) is 0.840. The molecule has 1 aliphatic rings. The summed E-state index contributed by atoms with van der Waals surface area (Å²) in [6.45, 7) is 4.73. The van der Waals surface area contributed by atoms with E-state index in [2.05, 4.69) is 18.1 Å². The van der Waals surface area contributed by atoms with Crippen LogP contribution >= 0.6 is 11.3 Å². The molecule has 1 aromatic rings. The van der Waals surface area contributed by atoms with Crippen LogP contribution in [0.4, 0.5) is 0 Å². The highest BCUT2D eigenvalue weighted by Gasteiger charge is 2.29. The first-order valence-corrected chi connectivity index (χ1v) is 6.99. The number of rotatable bonds is 4. The fourth-order valence-electron chi connectivity index (χ4n) is 1.87. The predicted molar refractivity (Wildman–Crippen MR) is 72.7 cm³/mol. The number of oxime groups is 1. The zero-order valence-electron chi connectivity index (χ0n) is 11.0. The van der Waals surface area contributed by atoms with E-state index in [1.165, 1.54) is 10.4 Å². The van der Waals surface area contributed by atoms with Crippen LogP contribution in [0.5, 0.6) is 0 Å². The van der Waals surface area contributed by atoms with Gasteiger partial charge in [0.05, 0.1) is 12.3 Å². The van der Waals surface area contributed by atoms with Crippen molar-refractivity contribution >= 4 is 23.0 Å². The number of thiophene rings is 1. The van der Waals surface area contributed by atoms with Gasteiger partial charge in [0.25, 0.3) is 5.91 Å². The number of aryl methyl sites for hydroxylation is 1. The topological polar surface area (TPSA) is 41.9 Å². The van der Waals surface area contributed by atoms with Gasteiger partial charge in [0.2, 0.25) is 6.10 Å². The molecule has 1 aromatic heterocycles. The minimum absolute atomic E-state index is 0.00926. The van der Waals surface area contributed by atoms with E-state index in [4.69, 9.17) is 4.84 Å². The van der Waals surface area contributed by atoms with Gasteiger partial charge in [-0.15, -0.1) is 11.3 Å². The summed E-state index contributed by atoms with van der Waals surface area (Å²) in [7, 11) is 1.81. The maximum atomic E-state index is 12.2. The van der Waals surface area contributed by atoms with Gasteiger partial charge in [-0.2, -0.15) is 0 Å². The van der Waals surface area contributed by atoms with Gasteiger partial charge >= 0.3 is 0 Å². The second-order valence-electron chi connectivity index (χ2n) is 4.53. The lowest BCUT2D eigenvalue weighted by molar-refractivity contribution is -0.141. The monoisotopic (exact) mass is 266 g/mol. The first-order chi connectivity index (χ1) is 8.61. The molecule has 0 aromatic carbocycles. The Kier molecular flexibility index (Phi) is 4.01. The molecule has 98 valence electrons. The lowest BCUT2D eigenvalue weighted by Gasteiger charge is -2.19. The SMILES string of the molecule is CCC1=NOC(C(=O)N(C)Cc2sccc2C)C1. The number of nitrogens with zero attached hydrogens (tertiary/aromatic N) is 2. The van der Waals surface area contributed by atoms with Gasteiger partial charge in [0.1, 0.15) is 0 Å². The van der Waals surface area contributed by atoms with Crippen LogP contribution in [0.15, 0.2) is 16.6 Å². The van der Waals surface area contributed by atoms with E-state index in [0.29, 0.717) is 13.0 Å². The van der Waals surface area contributed by atoms with E-state index < -0.39 is 6.10 Å². The van der Waals surface area contributed by atoms with Crippen molar-refractivity contribution in [1.29, 1.82) is 0 Å². The molecule has 0 bridgehead atoms. The molecule has 0 saturated carbocycles. The number of carbonyl (C=O) groups is 1. The van der Waals surface area contributed by atoms with Gasteiger partial charge in [-0.3, -0.25) is 4.79 Å². The third-order valence-corrected chi connectivity index (χ3v) is 4.15. The molecule has 0 saturated heterocycles. The molecule has 1 atom stereocenters. The van der Waals surface area contributed by atoms with Crippen molar-refractivity contribution < 1.29 is 9.63 Å². The van der Waals surface area contributed by atoms with E-state index in [9.17, 15) is 4.79 Å². The highest BCUT2D eigenvalue weighted by molar-refractivity contribution is 7.10. The molecule has 1 unspecified atom stereocenters. The van der Waals surface area contributed by atoms with Crippen LogP contribution in [-0.2, 0) is 16.2 Å². The standard InChI is InChI=1S/C13H18N2O2S/c1-4-10-7-11(17-14-10)13(16)15(3)8-12-9(2)5-6-18-12/h5-6,11H,4,7-8H2,1-3H3. The number of hydrogen-bond acceptors (Lipinski definition) is 4. The largest absolute Gasteiger partial charge is 0.382 e. The number of hydrogen-bond donors (Lipinski definition) is 0. The molecule has 2 heterocycles. The zero-order chi connectivity index (χ0) is 13.1. The fourth-order valence-corrected chi connectivity index (χ4v) is 2.83. The van der Waals surface area contributed by atoms with Gasteiger partial charge in [-0.1, -0.05) is 12.1 Å². The zero-order valence-corrected chi connectivity index (χ0v) is 11.8. The Balaban J connectivity index is 1.92. The molecule has 1 amide bonds. The Morgan fingerprint density at radius 3 is 3.00 bits per heavy atom. The molecular formula is C13H18N2O2S. The predicted octanol–water partition coefficient (Wildman–Crippen LogP) is 2.57. The van der Waals surface area contributed by atoms with Gasteiger partial charge < -0.3 is 9.74 Å². The van der Waals surface area contributed by atoms with Crippen LogP contribution in [0.3, 0.4) is 0 Å². The van der Waals surface area contributed by atoms with Crippen LogP contribution < -0.4 is 0 Å². The summed E-state index contributed by atoms with van der Waals surface area (Å²) in [6, 6.07) is 2.07. The van der Waals surface area contributed by atoms with Crippen molar-refractivity contribution in [3.05, 3.63) is 21.9 Å². The van der Waals surface area contributed by atoms with Crippen LogP contribution in [0.25, 0.3) is 0 Å². The second kappa shape index (κ2) is 5.52. The summed E-state index contributed by atoms with van der Waals surface area (Å²) in [5.74, 6) is 0.00926. The second-order valence-corrected chi connectivity index (χ2v) is 5.53. The van der Waals surface area contributed by atoms with E-state index in [-0.39, 0.29) is 5.91 Å². The summed E-state index contributed by atoms with van der Waals surface area (Å²) >= 11 is 1.68. The molecular weight excluding hydrogens is 248 g/mol. The Hall–Kier alpha value is -1.36. The van der Waals surface area contributed by atoms with E-state index in [1.54, 1.807) is 16.2 Å². The summed E-state index contributed by atoms with van der Waals surface area (Å²) in [5.41, 5.74) is 2.20. The van der Waals surface area contributed by atoms with Crippen molar-refractivity contribution in [3.8, 4) is 0 Å². The lowest BCUT2D eigenvalue weighted by Crippen LogP contribution is -2.36. The Morgan fingerprint density at radius 1 is 1.67 bits per heavy atom. The van der Waals surface area contributed by atoms with Crippen molar-refractivity contribution in [2.45, 2.75) is 39.3 Å². The smallest absolute Gasteiger partial charge is 0.266 e. The third-order valence-electron chi connectivity index (χ3n) is 3.14. The Morgan fingerprint density at radius 2 is 2.44 bits per heavy atom. The Labute approximate surface area is 111 Å². The fraction of sp³-hybridized carbons (Fsp3) is 0.538. The van der Waals surface area contributed by atoms with Crippen LogP contribution in [0.2, 0.25) is 0 Å². The van der Waals surface area contributed by atoms with Crippen molar-refractivity contribution in [2.75, 3.05) is 7.05 Å². The van der Waals surface area contributed by atoms with E-state index in [1.807, 2.05) is 19.4 Å². The molecule has 0 fully saturated rings. The molecule has 0 spiro atoms. The van der Waals surface area contributed by atoms with Gasteiger partial charge in [0, 0.05) is 18.3 Å². The first-order valence-electron chi connectivity index (χ1n) is 6.11. The van der Waals surface area contributed by atoms with Crippen molar-refractivity contribution in [2.24, 2.45) is 5.16 Å². The Bertz CT molecular complexity index is 467. The minimum atomic E-state index is -0.426. The first kappa shape index (κ1) is 13.1. The minimum Gasteiger partial charge on any atom is -0.382 e. The van der Waals surface area contributed by atoms with Crippen molar-refractivity contribution in [3.63, 3.8) is 0 Å². The summed E-state index contributed by atoms with van der Waals surface area (Å²) < 4.78 is 0. The summed E-state index contributed by atoms with van der Waals surface area (Å²) in [5, 5.41) is 5.97. The van der Waals surface area contributed by atoms with Crippen LogP contribution in [0.1, 0.15) is 30.2 Å². The van der Waals surface area contributed by atoms with E-state index in [0.717, 1.165) is 12.1 Å². The maximum Gasteiger partial charge on any atom is 0.266 e. The lowest BCUT2D eigenvalue weighted by atomic mass is 10.1. The number of amides is 1. The normalized spacial score (nSPS) is 18.4. The summed E-state index contributed by atoms with van der Waals surface area (Å²) in [6.07, 6.45) is 1.05. The molecule has 0 aliphatic carbocycles. The highest BCUT2D eigenvalue weighted by atomic mass is 32.1. The highest BCUT2D eigenvalue weighted by Crippen LogP contribution is 2.20. The van der Waals surface area contributed by atoms with Gasteiger partial charge in [0.15, 0.2) is 0 Å². The van der Waals surface area contributed by atoms with E-state index >= 15 is 0 Å². The number of carbonyl (C=O) groups excluding carboxylic acids is 1. The molecule has 4 nitrogen and oxygen atoms in total. The average molecular weight is 266 g/mol. The molecule has 0 N–H and O–H groups in total. The van der Waals surface area contributed by atoms with Gasteiger partial charge in [-0.05, 0) is 30.4 Å². The molecule has 5 heteroatoms. The van der Waals surface area contributed by atoms with Crippen molar-refractivity contribution in [1.82, 2.24) is 4.90 Å². The van der Waals surface area contributed by atoms with Crippen LogP contribution in [-0.4, -0.2) is 29.7 Å². The average Bonchev–Trinajstić information content (AvgIpc) is 2.98.